The Morgan fingerprint density at radius 1 is 1.03 bits per heavy atom. The molecule has 4 heterocycles. The van der Waals surface area contributed by atoms with Gasteiger partial charge in [-0.3, -0.25) is 9.59 Å². The largest absolute Gasteiger partial charge is 0.490 e. The van der Waals surface area contributed by atoms with E-state index in [1.54, 1.807) is 11.3 Å². The standard InChI is InChI=1S/C22H31N3O2S.C2HF3O2/c1-23-14-18-21(5-6-22(18,16-23)20(27)25-9-2-3-10-25)7-11-24(12-8-21)19(26)17-4-13-28-15-17;3-2(4,5)1(6)7/h4,13,15,18H,2-3,5-12,14,16H2,1H3;(H,6,7)/t18-,22+;/m0./s1. The van der Waals surface area contributed by atoms with Crippen LogP contribution in [0.15, 0.2) is 16.8 Å². The first-order valence-electron chi connectivity index (χ1n) is 12.1. The van der Waals surface area contributed by atoms with E-state index in [0.717, 1.165) is 83.4 Å². The molecule has 1 saturated carbocycles. The average Bonchev–Trinajstić information content (AvgIpc) is 3.60. The fourth-order valence-electron chi connectivity index (χ4n) is 6.70. The zero-order valence-corrected chi connectivity index (χ0v) is 20.7. The van der Waals surface area contributed by atoms with Gasteiger partial charge in [-0.05, 0) is 68.4 Å². The predicted octanol–water partition coefficient (Wildman–Crippen LogP) is 3.57. The van der Waals surface area contributed by atoms with E-state index in [0.29, 0.717) is 11.8 Å². The number of hydrogen-bond acceptors (Lipinski definition) is 5. The summed E-state index contributed by atoms with van der Waals surface area (Å²) in [6.45, 7) is 5.54. The van der Waals surface area contributed by atoms with E-state index in [-0.39, 0.29) is 16.7 Å². The van der Waals surface area contributed by atoms with Gasteiger partial charge in [-0.15, -0.1) is 0 Å². The number of fused-ring (bicyclic) bond motifs is 2. The molecule has 2 atom stereocenters. The van der Waals surface area contributed by atoms with Gasteiger partial charge >= 0.3 is 12.1 Å². The number of likely N-dealkylation sites (tertiary alicyclic amines) is 3. The molecule has 194 valence electrons. The van der Waals surface area contributed by atoms with Gasteiger partial charge in [0.15, 0.2) is 0 Å². The molecule has 1 N–H and O–H groups in total. The molecule has 1 aromatic rings. The maximum Gasteiger partial charge on any atom is 0.490 e. The summed E-state index contributed by atoms with van der Waals surface area (Å²) in [7, 11) is 2.18. The Morgan fingerprint density at radius 2 is 1.66 bits per heavy atom. The zero-order chi connectivity index (χ0) is 25.4. The second kappa shape index (κ2) is 9.72. The molecule has 1 aliphatic carbocycles. The van der Waals surface area contributed by atoms with E-state index < -0.39 is 12.1 Å². The van der Waals surface area contributed by atoms with Crippen molar-refractivity contribution >= 4 is 29.1 Å². The molecule has 4 aliphatic rings. The third-order valence-corrected chi connectivity index (χ3v) is 9.08. The predicted molar refractivity (Wildman–Crippen MR) is 124 cm³/mol. The quantitative estimate of drug-likeness (QED) is 0.652. The molecular formula is C24H32F3N3O4S. The molecule has 1 spiro atoms. The first kappa shape index (κ1) is 25.9. The highest BCUT2D eigenvalue weighted by Gasteiger charge is 2.64. The molecule has 3 saturated heterocycles. The lowest BCUT2D eigenvalue weighted by Crippen LogP contribution is -2.50. The molecule has 2 amide bonds. The molecule has 0 bridgehead atoms. The van der Waals surface area contributed by atoms with Crippen molar-refractivity contribution in [2.24, 2.45) is 16.7 Å². The van der Waals surface area contributed by atoms with Crippen LogP contribution in [-0.2, 0) is 9.59 Å². The minimum atomic E-state index is -5.08. The van der Waals surface area contributed by atoms with E-state index in [1.165, 1.54) is 0 Å². The number of nitrogens with zero attached hydrogens (tertiary/aromatic N) is 3. The van der Waals surface area contributed by atoms with Crippen LogP contribution >= 0.6 is 11.3 Å². The number of carboxylic acids is 1. The minimum Gasteiger partial charge on any atom is -0.475 e. The van der Waals surface area contributed by atoms with Crippen LogP contribution in [-0.4, -0.2) is 90.1 Å². The third kappa shape index (κ3) is 4.94. The van der Waals surface area contributed by atoms with E-state index >= 15 is 0 Å². The van der Waals surface area contributed by atoms with Crippen molar-refractivity contribution < 1.29 is 32.7 Å². The van der Waals surface area contributed by atoms with Gasteiger partial charge in [-0.1, -0.05) is 0 Å². The van der Waals surface area contributed by atoms with E-state index in [9.17, 15) is 22.8 Å². The first-order chi connectivity index (χ1) is 16.5. The molecule has 1 aromatic heterocycles. The second-order valence-corrected chi connectivity index (χ2v) is 11.2. The first-order valence-corrected chi connectivity index (χ1v) is 13.0. The molecule has 11 heteroatoms. The van der Waals surface area contributed by atoms with Gasteiger partial charge in [0.25, 0.3) is 5.91 Å². The molecule has 0 aromatic carbocycles. The van der Waals surface area contributed by atoms with Crippen LogP contribution in [0.5, 0.6) is 0 Å². The second-order valence-electron chi connectivity index (χ2n) is 10.4. The molecule has 5 rings (SSSR count). The number of carbonyl (C=O) groups is 3. The zero-order valence-electron chi connectivity index (χ0n) is 19.9. The maximum absolute atomic E-state index is 13.6. The van der Waals surface area contributed by atoms with Gasteiger partial charge in [-0.2, -0.15) is 24.5 Å². The highest BCUT2D eigenvalue weighted by molar-refractivity contribution is 7.08. The molecule has 0 radical (unpaired) electrons. The van der Waals surface area contributed by atoms with Crippen LogP contribution in [0.25, 0.3) is 0 Å². The summed E-state index contributed by atoms with van der Waals surface area (Å²) in [6, 6.07) is 1.93. The van der Waals surface area contributed by atoms with Crippen LogP contribution < -0.4 is 0 Å². The molecule has 4 fully saturated rings. The van der Waals surface area contributed by atoms with Crippen LogP contribution in [0.2, 0.25) is 0 Å². The number of aliphatic carboxylic acids is 1. The molecule has 3 aliphatic heterocycles. The van der Waals surface area contributed by atoms with Crippen molar-refractivity contribution in [3.05, 3.63) is 22.4 Å². The van der Waals surface area contributed by atoms with Crippen molar-refractivity contribution in [1.29, 1.82) is 0 Å². The SMILES string of the molecule is CN1C[C@H]2C3(CCN(C(=O)c4ccsc4)CC3)CC[C@@]2(C(=O)N2CCCC2)C1.O=C(O)C(F)(F)F. The average molecular weight is 516 g/mol. The molecule has 7 nitrogen and oxygen atoms in total. The van der Waals surface area contributed by atoms with Crippen LogP contribution in [0, 0.1) is 16.7 Å². The van der Waals surface area contributed by atoms with E-state index in [1.807, 2.05) is 21.7 Å². The lowest BCUT2D eigenvalue weighted by Gasteiger charge is -2.45. The minimum absolute atomic E-state index is 0.168. The van der Waals surface area contributed by atoms with Gasteiger partial charge in [0, 0.05) is 44.6 Å². The number of carboxylic acid groups (broad SMARTS) is 1. The van der Waals surface area contributed by atoms with E-state index in [2.05, 4.69) is 16.8 Å². The topological polar surface area (TPSA) is 81.2 Å². The van der Waals surface area contributed by atoms with Crippen molar-refractivity contribution in [2.45, 2.75) is 44.7 Å². The summed E-state index contributed by atoms with van der Waals surface area (Å²) in [5, 5.41) is 11.1. The van der Waals surface area contributed by atoms with Gasteiger partial charge in [-0.25, -0.2) is 4.79 Å². The normalized spacial score (nSPS) is 28.1. The Morgan fingerprint density at radius 3 is 2.20 bits per heavy atom. The van der Waals surface area contributed by atoms with E-state index in [4.69, 9.17) is 9.90 Å². The number of alkyl halides is 3. The Kier molecular flexibility index (Phi) is 7.21. The Labute approximate surface area is 206 Å². The fraction of sp³-hybridized carbons (Fsp3) is 0.708. The number of hydrogen-bond donors (Lipinski definition) is 1. The van der Waals surface area contributed by atoms with Crippen LogP contribution in [0.3, 0.4) is 0 Å². The summed E-state index contributed by atoms with van der Waals surface area (Å²) in [4.78, 5) is 41.8. The van der Waals surface area contributed by atoms with Crippen molar-refractivity contribution in [3.8, 4) is 0 Å². The maximum atomic E-state index is 13.6. The molecular weight excluding hydrogens is 483 g/mol. The van der Waals surface area contributed by atoms with Gasteiger partial charge in [0.05, 0.1) is 11.0 Å². The number of amides is 2. The fourth-order valence-corrected chi connectivity index (χ4v) is 7.33. The highest BCUT2D eigenvalue weighted by Crippen LogP contribution is 2.62. The number of piperidine rings is 1. The lowest BCUT2D eigenvalue weighted by molar-refractivity contribution is -0.192. The third-order valence-electron chi connectivity index (χ3n) is 8.40. The van der Waals surface area contributed by atoms with Gasteiger partial charge in [0.1, 0.15) is 0 Å². The van der Waals surface area contributed by atoms with Gasteiger partial charge in [0.2, 0.25) is 5.91 Å². The van der Waals surface area contributed by atoms with Gasteiger partial charge < -0.3 is 19.8 Å². The summed E-state index contributed by atoms with van der Waals surface area (Å²) in [5.74, 6) is -1.69. The number of carbonyl (C=O) groups excluding carboxylic acids is 2. The van der Waals surface area contributed by atoms with Crippen molar-refractivity contribution in [1.82, 2.24) is 14.7 Å². The Hall–Kier alpha value is -2.14. The Balaban J connectivity index is 0.000000364. The molecule has 35 heavy (non-hydrogen) atoms. The van der Waals surface area contributed by atoms with Crippen molar-refractivity contribution in [3.63, 3.8) is 0 Å². The summed E-state index contributed by atoms with van der Waals surface area (Å²) < 4.78 is 31.7. The number of rotatable bonds is 2. The summed E-state index contributed by atoms with van der Waals surface area (Å²) in [5.41, 5.74) is 0.899. The highest BCUT2D eigenvalue weighted by atomic mass is 32.1. The number of halogens is 3. The summed E-state index contributed by atoms with van der Waals surface area (Å²) >= 11 is 1.58. The van der Waals surface area contributed by atoms with Crippen molar-refractivity contribution in [2.75, 3.05) is 46.3 Å². The van der Waals surface area contributed by atoms with Crippen LogP contribution in [0.4, 0.5) is 13.2 Å². The van der Waals surface area contributed by atoms with Crippen LogP contribution in [0.1, 0.15) is 48.9 Å². The lowest BCUT2D eigenvalue weighted by atomic mass is 9.65. The monoisotopic (exact) mass is 515 g/mol. The smallest absolute Gasteiger partial charge is 0.475 e. The number of thiophene rings is 1. The summed E-state index contributed by atoms with van der Waals surface area (Å²) in [6.07, 6.45) is 1.54. The Bertz CT molecular complexity index is 940. The molecule has 0 unspecified atom stereocenters.